The van der Waals surface area contributed by atoms with E-state index in [-0.39, 0.29) is 0 Å². The number of carbonyl (C=O) groups is 1. The average Bonchev–Trinajstić information content (AvgIpc) is 3.09. The highest BCUT2D eigenvalue weighted by Crippen LogP contribution is 2.50. The molecule has 5 nitrogen and oxygen atoms in total. The Morgan fingerprint density at radius 1 is 0.909 bits per heavy atom. The van der Waals surface area contributed by atoms with Crippen LogP contribution in [0.1, 0.15) is 10.4 Å². The third-order valence-corrected chi connectivity index (χ3v) is 4.16. The summed E-state index contributed by atoms with van der Waals surface area (Å²) in [5.74, 6) is -7.24. The zero-order chi connectivity index (χ0) is 25.5. The van der Waals surface area contributed by atoms with Crippen molar-refractivity contribution >= 4 is 5.91 Å². The molecular formula is C16H11F12NO4. The second-order valence-corrected chi connectivity index (χ2v) is 6.47. The van der Waals surface area contributed by atoms with Gasteiger partial charge in [0.1, 0.15) is 6.10 Å². The van der Waals surface area contributed by atoms with Gasteiger partial charge in [-0.1, -0.05) is 18.2 Å². The van der Waals surface area contributed by atoms with E-state index in [4.69, 9.17) is 0 Å². The van der Waals surface area contributed by atoms with E-state index in [0.29, 0.717) is 5.32 Å². The van der Waals surface area contributed by atoms with E-state index in [2.05, 4.69) is 14.2 Å². The molecule has 0 spiro atoms. The van der Waals surface area contributed by atoms with Crippen LogP contribution >= 0.6 is 0 Å². The molecule has 0 radical (unpaired) electrons. The van der Waals surface area contributed by atoms with Crippen LogP contribution in [0.3, 0.4) is 0 Å². The van der Waals surface area contributed by atoms with Gasteiger partial charge in [0.2, 0.25) is 0 Å². The lowest BCUT2D eigenvalue weighted by atomic mass is 10.1. The average molecular weight is 509 g/mol. The van der Waals surface area contributed by atoms with Gasteiger partial charge in [-0.2, -0.15) is 52.7 Å². The minimum Gasteiger partial charge on any atom is -0.338 e. The van der Waals surface area contributed by atoms with Crippen molar-refractivity contribution < 1.29 is 71.7 Å². The Morgan fingerprint density at radius 2 is 1.39 bits per heavy atom. The molecule has 0 aliphatic carbocycles. The number of carbonyl (C=O) groups excluding carboxylic acids is 1. The second-order valence-electron chi connectivity index (χ2n) is 6.47. The Bertz CT molecular complexity index is 803. The molecule has 1 heterocycles. The van der Waals surface area contributed by atoms with Crippen LogP contribution < -0.4 is 5.32 Å². The summed E-state index contributed by atoms with van der Waals surface area (Å²) < 4.78 is 169. The fourth-order valence-corrected chi connectivity index (χ4v) is 2.59. The number of hydrogen-bond acceptors (Lipinski definition) is 4. The quantitative estimate of drug-likeness (QED) is 0.470. The fraction of sp³-hybridized carbons (Fsp3) is 0.562. The molecule has 1 aliphatic heterocycles. The first-order valence-electron chi connectivity index (χ1n) is 8.37. The van der Waals surface area contributed by atoms with E-state index in [1.54, 1.807) is 0 Å². The van der Waals surface area contributed by atoms with E-state index in [0.717, 1.165) is 24.3 Å². The normalized spacial score (nSPS) is 20.1. The largest absolute Gasteiger partial charge is 0.453 e. The van der Waals surface area contributed by atoms with E-state index >= 15 is 0 Å². The predicted octanol–water partition coefficient (Wildman–Crippen LogP) is 4.49. The number of amides is 1. The number of nitrogens with one attached hydrogen (secondary N) is 1. The highest BCUT2D eigenvalue weighted by Gasteiger charge is 2.78. The Balaban J connectivity index is 2.34. The maximum atomic E-state index is 13.5. The number of halogens is 12. The molecule has 1 aromatic rings. The molecule has 2 rings (SSSR count). The first kappa shape index (κ1) is 27.0. The Kier molecular flexibility index (Phi) is 6.95. The molecule has 17 heteroatoms. The molecule has 1 aromatic carbocycles. The maximum absolute atomic E-state index is 13.5. The minimum atomic E-state index is -6.46. The summed E-state index contributed by atoms with van der Waals surface area (Å²) in [6.45, 7) is -3.85. The van der Waals surface area contributed by atoms with Crippen LogP contribution in [-0.2, 0) is 14.2 Å². The van der Waals surface area contributed by atoms with Crippen molar-refractivity contribution in [3.63, 3.8) is 0 Å². The molecule has 0 bridgehead atoms. The Labute approximate surface area is 175 Å². The molecule has 1 N–H and O–H groups in total. The highest BCUT2D eigenvalue weighted by molar-refractivity contribution is 5.94. The molecule has 188 valence electrons. The zero-order valence-corrected chi connectivity index (χ0v) is 15.5. The summed E-state index contributed by atoms with van der Waals surface area (Å²) in [5.41, 5.74) is -6.19. The molecule has 1 aliphatic rings. The van der Waals surface area contributed by atoms with E-state index in [1.165, 1.54) is 6.07 Å². The highest BCUT2D eigenvalue weighted by atomic mass is 19.4. The summed E-state index contributed by atoms with van der Waals surface area (Å²) in [6.07, 6.45) is -28.2. The summed E-state index contributed by atoms with van der Waals surface area (Å²) in [4.78, 5) is 12.0. The lowest BCUT2D eigenvalue weighted by molar-refractivity contribution is -0.445. The van der Waals surface area contributed by atoms with Crippen molar-refractivity contribution in [2.45, 2.75) is 42.3 Å². The summed E-state index contributed by atoms with van der Waals surface area (Å²) in [7, 11) is 0. The molecule has 1 fully saturated rings. The molecule has 1 amide bonds. The number of hydrogen-bond donors (Lipinski definition) is 1. The first-order valence-corrected chi connectivity index (χ1v) is 8.37. The first-order chi connectivity index (χ1) is 14.8. The van der Waals surface area contributed by atoms with Gasteiger partial charge in [0.05, 0.1) is 13.2 Å². The maximum Gasteiger partial charge on any atom is 0.453 e. The topological polar surface area (TPSA) is 56.8 Å². The number of rotatable bonds is 5. The van der Waals surface area contributed by atoms with Gasteiger partial charge in [-0.05, 0) is 12.1 Å². The smallest absolute Gasteiger partial charge is 0.338 e. The number of benzene rings is 1. The molecule has 1 saturated heterocycles. The van der Waals surface area contributed by atoms with Crippen LogP contribution in [0.4, 0.5) is 52.7 Å². The van der Waals surface area contributed by atoms with Crippen molar-refractivity contribution in [1.82, 2.24) is 5.32 Å². The summed E-state index contributed by atoms with van der Waals surface area (Å²) in [6, 6.07) is 5.13. The summed E-state index contributed by atoms with van der Waals surface area (Å²) in [5, 5.41) is 0.580. The van der Waals surface area contributed by atoms with Crippen molar-refractivity contribution in [3.05, 3.63) is 35.9 Å². The third kappa shape index (κ3) is 4.98. The van der Waals surface area contributed by atoms with Crippen LogP contribution in [0.5, 0.6) is 0 Å². The fourth-order valence-electron chi connectivity index (χ4n) is 2.59. The van der Waals surface area contributed by atoms with E-state index < -0.39 is 67.0 Å². The zero-order valence-electron chi connectivity index (χ0n) is 15.5. The molecule has 33 heavy (non-hydrogen) atoms. The number of ether oxygens (including phenoxy) is 3. The van der Waals surface area contributed by atoms with Crippen LogP contribution in [0.25, 0.3) is 0 Å². The summed E-state index contributed by atoms with van der Waals surface area (Å²) >= 11 is 0. The Morgan fingerprint density at radius 3 is 1.79 bits per heavy atom. The van der Waals surface area contributed by atoms with Crippen molar-refractivity contribution in [1.29, 1.82) is 0 Å². The van der Waals surface area contributed by atoms with Crippen LogP contribution in [0.15, 0.2) is 30.3 Å². The molecule has 0 saturated carbocycles. The number of alkyl halides is 12. The molecular weight excluding hydrogens is 498 g/mol. The molecule has 0 unspecified atom stereocenters. The lowest BCUT2D eigenvalue weighted by Crippen LogP contribution is -2.69. The van der Waals surface area contributed by atoms with Crippen molar-refractivity contribution in [3.8, 4) is 0 Å². The van der Waals surface area contributed by atoms with Gasteiger partial charge in [-0.3, -0.25) is 4.79 Å². The van der Waals surface area contributed by atoms with Crippen LogP contribution in [0.2, 0.25) is 0 Å². The molecule has 1 atom stereocenters. The standard InChI is InChI=1S/C16H11F12NO4/c17-13(18,19)11(14(20,21)22,29-10(30)8-4-2-1-3-5-8)31-6-9-7-32-12(33-9,15(23,24)25)16(26,27)28/h1-5,9H,6-7H2,(H,29,30)/t9-/m1/s1. The van der Waals surface area contributed by atoms with Gasteiger partial charge in [-0.15, -0.1) is 0 Å². The minimum absolute atomic E-state index is 0.580. The third-order valence-electron chi connectivity index (χ3n) is 4.16. The van der Waals surface area contributed by atoms with E-state index in [1.807, 2.05) is 0 Å². The van der Waals surface area contributed by atoms with Gasteiger partial charge in [0, 0.05) is 5.56 Å². The predicted molar refractivity (Wildman–Crippen MR) is 80.4 cm³/mol. The second kappa shape index (κ2) is 8.50. The van der Waals surface area contributed by atoms with Crippen LogP contribution in [0, 0.1) is 0 Å². The van der Waals surface area contributed by atoms with Crippen molar-refractivity contribution in [2.75, 3.05) is 13.2 Å². The Hall–Kier alpha value is -2.27. The van der Waals surface area contributed by atoms with Crippen molar-refractivity contribution in [2.24, 2.45) is 0 Å². The van der Waals surface area contributed by atoms with Crippen LogP contribution in [-0.4, -0.2) is 61.4 Å². The monoisotopic (exact) mass is 509 g/mol. The van der Waals surface area contributed by atoms with Gasteiger partial charge in [-0.25, -0.2) is 0 Å². The van der Waals surface area contributed by atoms with Gasteiger partial charge < -0.3 is 19.5 Å². The lowest BCUT2D eigenvalue weighted by Gasteiger charge is -2.38. The van der Waals surface area contributed by atoms with Gasteiger partial charge >= 0.3 is 36.2 Å². The SMILES string of the molecule is O=C(NC(OC[C@@H]1COC(C(F)(F)F)(C(F)(F)F)O1)(C(F)(F)F)C(F)(F)F)c1ccccc1. The van der Waals surface area contributed by atoms with E-state index in [9.17, 15) is 57.5 Å². The van der Waals surface area contributed by atoms with Gasteiger partial charge in [0.15, 0.2) is 0 Å². The molecule has 0 aromatic heterocycles. The van der Waals surface area contributed by atoms with Gasteiger partial charge in [0.25, 0.3) is 5.91 Å².